The first-order valence-electron chi connectivity index (χ1n) is 9.44. The van der Waals surface area contributed by atoms with Crippen molar-refractivity contribution in [3.63, 3.8) is 0 Å². The van der Waals surface area contributed by atoms with E-state index in [1.807, 2.05) is 43.5 Å². The van der Waals surface area contributed by atoms with Gasteiger partial charge in [0.25, 0.3) is 5.91 Å². The van der Waals surface area contributed by atoms with Gasteiger partial charge in [0, 0.05) is 12.0 Å². The molecular weight excluding hydrogens is 436 g/mol. The summed E-state index contributed by atoms with van der Waals surface area (Å²) in [7, 11) is 1.61. The number of hydrogen-bond donors (Lipinski definition) is 1. The van der Waals surface area contributed by atoms with Crippen molar-refractivity contribution < 1.29 is 14.3 Å². The number of methoxy groups -OCH3 is 1. The monoisotopic (exact) mass is 456 g/mol. The molecule has 0 saturated heterocycles. The normalized spacial score (nSPS) is 12.1. The van der Waals surface area contributed by atoms with Crippen LogP contribution in [0.4, 0.5) is 5.13 Å². The number of nitrogens with one attached hydrogen (secondary N) is 1. The Hall–Kier alpha value is -3.02. The summed E-state index contributed by atoms with van der Waals surface area (Å²) in [5.41, 5.74) is 1.41. The van der Waals surface area contributed by atoms with Gasteiger partial charge in [0.2, 0.25) is 0 Å². The second-order valence-electron chi connectivity index (χ2n) is 6.33. The summed E-state index contributed by atoms with van der Waals surface area (Å²) in [4.78, 5) is 25.8. The van der Waals surface area contributed by atoms with E-state index in [4.69, 9.17) is 9.47 Å². The van der Waals surface area contributed by atoms with Crippen LogP contribution in [0.15, 0.2) is 47.2 Å². The maximum Gasteiger partial charge on any atom is 0.266 e. The van der Waals surface area contributed by atoms with Crippen molar-refractivity contribution in [1.82, 2.24) is 24.7 Å². The van der Waals surface area contributed by atoms with Gasteiger partial charge in [0.05, 0.1) is 24.4 Å². The van der Waals surface area contributed by atoms with Crippen LogP contribution < -0.4 is 10.1 Å². The molecule has 1 unspecified atom stereocenters. The minimum atomic E-state index is -0.804. The quantitative estimate of drug-likeness (QED) is 0.243. The van der Waals surface area contributed by atoms with Gasteiger partial charge in [-0.15, -0.1) is 11.3 Å². The number of thiazole rings is 1. The molecule has 0 aliphatic heterocycles. The lowest BCUT2D eigenvalue weighted by molar-refractivity contribution is -0.122. The van der Waals surface area contributed by atoms with Crippen molar-refractivity contribution in [3.8, 4) is 11.4 Å². The first-order valence-corrected chi connectivity index (χ1v) is 11.2. The fraction of sp³-hybridized carbons (Fsp3) is 0.250. The van der Waals surface area contributed by atoms with E-state index < -0.39 is 5.44 Å². The molecule has 11 heteroatoms. The summed E-state index contributed by atoms with van der Waals surface area (Å²) in [5.74, 6) is 0.371. The van der Waals surface area contributed by atoms with Crippen LogP contribution in [-0.2, 0) is 9.53 Å². The molecule has 160 valence electrons. The van der Waals surface area contributed by atoms with Crippen molar-refractivity contribution in [1.29, 1.82) is 0 Å². The fourth-order valence-electron chi connectivity index (χ4n) is 2.89. The zero-order valence-electron chi connectivity index (χ0n) is 17.1. The summed E-state index contributed by atoms with van der Waals surface area (Å²) in [6, 6.07) is 7.54. The number of anilines is 1. The smallest absolute Gasteiger partial charge is 0.266 e. The third-order valence-corrected chi connectivity index (χ3v) is 6.23. The Morgan fingerprint density at radius 2 is 2.16 bits per heavy atom. The molecule has 0 radical (unpaired) electrons. The number of ether oxygens (including phenoxy) is 2. The molecule has 0 saturated carbocycles. The zero-order valence-corrected chi connectivity index (χ0v) is 18.7. The van der Waals surface area contributed by atoms with Gasteiger partial charge in [-0.3, -0.25) is 10.1 Å². The van der Waals surface area contributed by atoms with E-state index in [9.17, 15) is 4.79 Å². The molecule has 1 atom stereocenters. The van der Waals surface area contributed by atoms with Crippen molar-refractivity contribution in [2.75, 3.05) is 19.0 Å². The molecule has 1 N–H and O–H groups in total. The van der Waals surface area contributed by atoms with Crippen LogP contribution >= 0.6 is 23.1 Å². The lowest BCUT2D eigenvalue weighted by Gasteiger charge is -2.15. The number of aromatic nitrogens is 5. The van der Waals surface area contributed by atoms with Gasteiger partial charge in [0.1, 0.15) is 22.8 Å². The molecule has 0 spiro atoms. The highest BCUT2D eigenvalue weighted by molar-refractivity contribution is 8.00. The van der Waals surface area contributed by atoms with Gasteiger partial charge in [0.15, 0.2) is 16.2 Å². The van der Waals surface area contributed by atoms with E-state index in [0.717, 1.165) is 11.4 Å². The average molecular weight is 457 g/mol. The number of thioether (sulfide) groups is 1. The molecule has 0 aliphatic carbocycles. The zero-order chi connectivity index (χ0) is 21.8. The van der Waals surface area contributed by atoms with Crippen LogP contribution in [0.3, 0.4) is 0 Å². The minimum Gasteiger partial charge on any atom is -0.494 e. The molecule has 0 bridgehead atoms. The molecule has 3 heterocycles. The summed E-state index contributed by atoms with van der Waals surface area (Å²) >= 11 is 2.57. The number of carbonyl (C=O) groups is 1. The first-order chi connectivity index (χ1) is 15.1. The van der Waals surface area contributed by atoms with E-state index >= 15 is 0 Å². The molecular formula is C20H20N6O3S2. The maximum absolute atomic E-state index is 12.8. The molecule has 9 nitrogen and oxygen atoms in total. The lowest BCUT2D eigenvalue weighted by atomic mass is 10.3. The number of fused-ring (bicyclic) bond motifs is 1. The Morgan fingerprint density at radius 3 is 2.90 bits per heavy atom. The van der Waals surface area contributed by atoms with E-state index in [2.05, 4.69) is 25.4 Å². The first kappa shape index (κ1) is 21.2. The van der Waals surface area contributed by atoms with Gasteiger partial charge >= 0.3 is 0 Å². The van der Waals surface area contributed by atoms with Crippen molar-refractivity contribution in [2.45, 2.75) is 24.3 Å². The number of rotatable bonds is 8. The highest BCUT2D eigenvalue weighted by atomic mass is 32.2. The third kappa shape index (κ3) is 4.53. The Balaban J connectivity index is 1.64. The second-order valence-corrected chi connectivity index (χ2v) is 8.24. The highest BCUT2D eigenvalue weighted by Crippen LogP contribution is 2.32. The molecule has 4 rings (SSSR count). The molecule has 1 amide bonds. The minimum absolute atomic E-state index is 0.301. The Kier molecular flexibility index (Phi) is 6.44. The SMILES string of the molecule is CCOC(Sc1ncnc2c1cnn2-c1ccccc1OC)C(=O)Nc1nc(C)cs1. The van der Waals surface area contributed by atoms with Gasteiger partial charge in [-0.1, -0.05) is 23.9 Å². The fourth-order valence-corrected chi connectivity index (χ4v) is 4.53. The predicted molar refractivity (Wildman–Crippen MR) is 120 cm³/mol. The molecule has 1 aromatic carbocycles. The number of amides is 1. The Labute approximate surface area is 186 Å². The van der Waals surface area contributed by atoms with Crippen LogP contribution in [0.25, 0.3) is 16.7 Å². The topological polar surface area (TPSA) is 104 Å². The molecule has 0 fully saturated rings. The Bertz CT molecular complexity index is 1210. The predicted octanol–water partition coefficient (Wildman–Crippen LogP) is 3.68. The Morgan fingerprint density at radius 1 is 1.32 bits per heavy atom. The van der Waals surface area contributed by atoms with Gasteiger partial charge in [-0.25, -0.2) is 19.6 Å². The average Bonchev–Trinajstić information content (AvgIpc) is 3.39. The number of benzene rings is 1. The van der Waals surface area contributed by atoms with Crippen LogP contribution in [-0.4, -0.2) is 49.8 Å². The molecule has 4 aromatic rings. The standard InChI is InChI=1S/C20H20N6O3S2/c1-4-29-19(17(27)25-20-24-12(2)10-30-20)31-18-13-9-23-26(16(13)21-11-22-18)14-7-5-6-8-15(14)28-3/h5-11,19H,4H2,1-3H3,(H,24,25,27). The maximum atomic E-state index is 12.8. The van der Waals surface area contributed by atoms with Crippen LogP contribution in [0, 0.1) is 6.92 Å². The number of hydrogen-bond acceptors (Lipinski definition) is 9. The highest BCUT2D eigenvalue weighted by Gasteiger charge is 2.24. The van der Waals surface area contributed by atoms with Crippen molar-refractivity contribution in [2.24, 2.45) is 0 Å². The molecule has 3 aromatic heterocycles. The molecule has 0 aliphatic rings. The summed E-state index contributed by atoms with van der Waals surface area (Å²) in [6.45, 7) is 4.08. The van der Waals surface area contributed by atoms with Gasteiger partial charge in [-0.2, -0.15) is 5.10 Å². The van der Waals surface area contributed by atoms with Crippen LogP contribution in [0.1, 0.15) is 12.6 Å². The number of aryl methyl sites for hydroxylation is 1. The van der Waals surface area contributed by atoms with Crippen LogP contribution in [0.2, 0.25) is 0 Å². The second kappa shape index (κ2) is 9.41. The van der Waals surface area contributed by atoms with Crippen LogP contribution in [0.5, 0.6) is 5.75 Å². The van der Waals surface area contributed by atoms with Gasteiger partial charge in [-0.05, 0) is 26.0 Å². The van der Waals surface area contributed by atoms with E-state index in [1.165, 1.54) is 29.4 Å². The van der Waals surface area contributed by atoms with Crippen molar-refractivity contribution in [3.05, 3.63) is 47.9 Å². The van der Waals surface area contributed by atoms with Crippen molar-refractivity contribution >= 4 is 45.2 Å². The molecule has 31 heavy (non-hydrogen) atoms. The summed E-state index contributed by atoms with van der Waals surface area (Å²) in [5, 5.41) is 11.0. The third-order valence-electron chi connectivity index (χ3n) is 4.24. The summed E-state index contributed by atoms with van der Waals surface area (Å²) < 4.78 is 12.8. The van der Waals surface area contributed by atoms with E-state index in [-0.39, 0.29) is 5.91 Å². The van der Waals surface area contributed by atoms with E-state index in [0.29, 0.717) is 33.5 Å². The largest absolute Gasteiger partial charge is 0.494 e. The number of para-hydroxylation sites is 2. The lowest BCUT2D eigenvalue weighted by Crippen LogP contribution is -2.28. The number of carbonyl (C=O) groups excluding carboxylic acids is 1. The summed E-state index contributed by atoms with van der Waals surface area (Å²) in [6.07, 6.45) is 3.12. The number of nitrogens with zero attached hydrogens (tertiary/aromatic N) is 5. The van der Waals surface area contributed by atoms with Gasteiger partial charge < -0.3 is 9.47 Å². The van der Waals surface area contributed by atoms with E-state index in [1.54, 1.807) is 18.0 Å².